The molecule has 0 aliphatic rings. The van der Waals surface area contributed by atoms with E-state index in [2.05, 4.69) is 17.2 Å². The van der Waals surface area contributed by atoms with Gasteiger partial charge >= 0.3 is 5.97 Å². The van der Waals surface area contributed by atoms with E-state index in [9.17, 15) is 9.59 Å². The van der Waals surface area contributed by atoms with Crippen molar-refractivity contribution in [2.24, 2.45) is 5.92 Å². The summed E-state index contributed by atoms with van der Waals surface area (Å²) in [6, 6.07) is 17.6. The predicted octanol–water partition coefficient (Wildman–Crippen LogP) is 3.87. The van der Waals surface area contributed by atoms with E-state index in [1.807, 2.05) is 60.3 Å². The largest absolute Gasteiger partial charge is 0.469 e. The van der Waals surface area contributed by atoms with E-state index >= 15 is 0 Å². The fraction of sp³-hybridized carbons (Fsp3) is 0.292. The Morgan fingerprint density at radius 1 is 1.10 bits per heavy atom. The zero-order valence-electron chi connectivity index (χ0n) is 17.6. The first kappa shape index (κ1) is 21.3. The first-order valence-corrected chi connectivity index (χ1v) is 10.1. The van der Waals surface area contributed by atoms with Crippen molar-refractivity contribution in [2.75, 3.05) is 20.2 Å². The van der Waals surface area contributed by atoms with Gasteiger partial charge in [-0.05, 0) is 35.7 Å². The second kappa shape index (κ2) is 9.87. The normalized spacial score (nSPS) is 11.7. The van der Waals surface area contributed by atoms with Crippen LogP contribution < -0.4 is 0 Å². The standard InChI is InChI=1S/C24H27N3O3/c1-4-26(16-18(2)24(29)30-3)23(28)22-9-6-5-8-21(22)20-12-10-19(11-13-20)17-27-15-7-14-25-27/h5-15,18H,4,16-17H2,1-3H3. The van der Waals surface area contributed by atoms with Gasteiger partial charge in [0.1, 0.15) is 0 Å². The van der Waals surface area contributed by atoms with Crippen LogP contribution in [0, 0.1) is 5.92 Å². The first-order valence-electron chi connectivity index (χ1n) is 10.1. The summed E-state index contributed by atoms with van der Waals surface area (Å²) in [4.78, 5) is 26.7. The van der Waals surface area contributed by atoms with Gasteiger partial charge < -0.3 is 9.64 Å². The fourth-order valence-corrected chi connectivity index (χ4v) is 3.42. The predicted molar refractivity (Wildman–Crippen MR) is 116 cm³/mol. The summed E-state index contributed by atoms with van der Waals surface area (Å²) in [6.07, 6.45) is 3.69. The molecule has 6 heteroatoms. The van der Waals surface area contributed by atoms with Crippen molar-refractivity contribution in [2.45, 2.75) is 20.4 Å². The maximum Gasteiger partial charge on any atom is 0.310 e. The van der Waals surface area contributed by atoms with E-state index in [4.69, 9.17) is 4.74 Å². The Hall–Kier alpha value is -3.41. The van der Waals surface area contributed by atoms with Gasteiger partial charge in [0.25, 0.3) is 5.91 Å². The zero-order valence-corrected chi connectivity index (χ0v) is 17.6. The molecule has 0 aliphatic heterocycles. The monoisotopic (exact) mass is 405 g/mol. The number of rotatable bonds is 8. The molecule has 30 heavy (non-hydrogen) atoms. The van der Waals surface area contributed by atoms with Crippen molar-refractivity contribution in [1.29, 1.82) is 0 Å². The minimum absolute atomic E-state index is 0.0931. The third-order valence-corrected chi connectivity index (χ3v) is 5.09. The molecule has 1 atom stereocenters. The third-order valence-electron chi connectivity index (χ3n) is 5.09. The molecule has 0 saturated carbocycles. The molecular formula is C24H27N3O3. The summed E-state index contributed by atoms with van der Waals surface area (Å²) in [6.45, 7) is 5.21. The Labute approximate surface area is 177 Å². The number of amides is 1. The quantitative estimate of drug-likeness (QED) is 0.534. The number of carbonyl (C=O) groups is 2. The summed E-state index contributed by atoms with van der Waals surface area (Å²) in [5.74, 6) is -0.792. The van der Waals surface area contributed by atoms with Crippen molar-refractivity contribution in [3.05, 3.63) is 78.1 Å². The molecule has 1 aromatic heterocycles. The average molecular weight is 405 g/mol. The van der Waals surface area contributed by atoms with Gasteiger partial charge in [0.2, 0.25) is 0 Å². The van der Waals surface area contributed by atoms with E-state index in [-0.39, 0.29) is 17.8 Å². The minimum Gasteiger partial charge on any atom is -0.469 e. The van der Waals surface area contributed by atoms with Gasteiger partial charge in [0.15, 0.2) is 0 Å². The van der Waals surface area contributed by atoms with Crippen molar-refractivity contribution in [3.63, 3.8) is 0 Å². The van der Waals surface area contributed by atoms with Gasteiger partial charge in [-0.25, -0.2) is 0 Å². The van der Waals surface area contributed by atoms with Gasteiger partial charge in [0, 0.05) is 31.0 Å². The van der Waals surface area contributed by atoms with Crippen LogP contribution in [-0.4, -0.2) is 46.8 Å². The molecule has 0 fully saturated rings. The van der Waals surface area contributed by atoms with Gasteiger partial charge in [-0.2, -0.15) is 5.10 Å². The molecule has 0 spiro atoms. The molecule has 0 N–H and O–H groups in total. The lowest BCUT2D eigenvalue weighted by atomic mass is 9.97. The Balaban J connectivity index is 1.82. The van der Waals surface area contributed by atoms with Crippen LogP contribution in [0.25, 0.3) is 11.1 Å². The number of ether oxygens (including phenoxy) is 1. The lowest BCUT2D eigenvalue weighted by Crippen LogP contribution is -2.37. The van der Waals surface area contributed by atoms with Crippen molar-refractivity contribution >= 4 is 11.9 Å². The van der Waals surface area contributed by atoms with Crippen LogP contribution >= 0.6 is 0 Å². The lowest BCUT2D eigenvalue weighted by molar-refractivity contribution is -0.145. The van der Waals surface area contributed by atoms with Gasteiger partial charge in [-0.3, -0.25) is 14.3 Å². The Morgan fingerprint density at radius 3 is 2.47 bits per heavy atom. The van der Waals surface area contributed by atoms with Crippen LogP contribution in [0.2, 0.25) is 0 Å². The van der Waals surface area contributed by atoms with E-state index in [1.54, 1.807) is 18.0 Å². The average Bonchev–Trinajstić information content (AvgIpc) is 3.29. The SMILES string of the molecule is CCN(CC(C)C(=O)OC)C(=O)c1ccccc1-c1ccc(Cn2cccn2)cc1. The molecule has 0 aliphatic carbocycles. The Bertz CT molecular complexity index is 981. The third kappa shape index (κ3) is 4.95. The molecule has 0 bridgehead atoms. The highest BCUT2D eigenvalue weighted by Gasteiger charge is 2.23. The summed E-state index contributed by atoms with van der Waals surface area (Å²) in [7, 11) is 1.36. The summed E-state index contributed by atoms with van der Waals surface area (Å²) >= 11 is 0. The fourth-order valence-electron chi connectivity index (χ4n) is 3.42. The second-order valence-corrected chi connectivity index (χ2v) is 7.21. The van der Waals surface area contributed by atoms with Crippen LogP contribution in [0.1, 0.15) is 29.8 Å². The maximum absolute atomic E-state index is 13.3. The van der Waals surface area contributed by atoms with Crippen LogP contribution in [0.3, 0.4) is 0 Å². The number of hydrogen-bond donors (Lipinski definition) is 0. The Kier molecular flexibility index (Phi) is 7.01. The zero-order chi connectivity index (χ0) is 21.5. The molecule has 3 rings (SSSR count). The highest BCUT2D eigenvalue weighted by Crippen LogP contribution is 2.26. The molecule has 2 aromatic carbocycles. The summed E-state index contributed by atoms with van der Waals surface area (Å²) in [5.41, 5.74) is 3.60. The second-order valence-electron chi connectivity index (χ2n) is 7.21. The van der Waals surface area contributed by atoms with Crippen LogP contribution in [0.15, 0.2) is 67.0 Å². The molecule has 1 heterocycles. The molecule has 0 radical (unpaired) electrons. The highest BCUT2D eigenvalue weighted by atomic mass is 16.5. The first-order chi connectivity index (χ1) is 14.5. The lowest BCUT2D eigenvalue weighted by Gasteiger charge is -2.24. The van der Waals surface area contributed by atoms with Crippen molar-refractivity contribution in [3.8, 4) is 11.1 Å². The number of aromatic nitrogens is 2. The van der Waals surface area contributed by atoms with Crippen molar-refractivity contribution in [1.82, 2.24) is 14.7 Å². The molecule has 3 aromatic rings. The number of esters is 1. The minimum atomic E-state index is -0.382. The molecule has 0 saturated heterocycles. The Morgan fingerprint density at radius 2 is 1.83 bits per heavy atom. The number of nitrogens with zero attached hydrogens (tertiary/aromatic N) is 3. The molecule has 1 amide bonds. The number of methoxy groups -OCH3 is 1. The number of carbonyl (C=O) groups excluding carboxylic acids is 2. The number of benzene rings is 2. The smallest absolute Gasteiger partial charge is 0.310 e. The summed E-state index contributed by atoms with van der Waals surface area (Å²) in [5, 5.41) is 4.23. The maximum atomic E-state index is 13.3. The molecule has 156 valence electrons. The van der Waals surface area contributed by atoms with Crippen LogP contribution in [0.5, 0.6) is 0 Å². The van der Waals surface area contributed by atoms with Crippen LogP contribution in [0.4, 0.5) is 0 Å². The van der Waals surface area contributed by atoms with Crippen molar-refractivity contribution < 1.29 is 14.3 Å². The summed E-state index contributed by atoms with van der Waals surface area (Å²) < 4.78 is 6.67. The van der Waals surface area contributed by atoms with Gasteiger partial charge in [-0.1, -0.05) is 49.4 Å². The highest BCUT2D eigenvalue weighted by molar-refractivity contribution is 6.01. The molecule has 6 nitrogen and oxygen atoms in total. The topological polar surface area (TPSA) is 64.4 Å². The van der Waals surface area contributed by atoms with E-state index < -0.39 is 0 Å². The molecule has 1 unspecified atom stereocenters. The van der Waals surface area contributed by atoms with Gasteiger partial charge in [-0.15, -0.1) is 0 Å². The van der Waals surface area contributed by atoms with E-state index in [1.165, 1.54) is 7.11 Å². The van der Waals surface area contributed by atoms with Crippen LogP contribution in [-0.2, 0) is 16.1 Å². The van der Waals surface area contributed by atoms with E-state index in [0.717, 1.165) is 16.7 Å². The molecular weight excluding hydrogens is 378 g/mol. The van der Waals surface area contributed by atoms with E-state index in [0.29, 0.717) is 25.2 Å². The van der Waals surface area contributed by atoms with Gasteiger partial charge in [0.05, 0.1) is 19.6 Å². The number of hydrogen-bond acceptors (Lipinski definition) is 4.